The summed E-state index contributed by atoms with van der Waals surface area (Å²) in [4.78, 5) is 18.0. The van der Waals surface area contributed by atoms with Crippen molar-refractivity contribution in [2.24, 2.45) is 0 Å². The second kappa shape index (κ2) is 5.77. The van der Waals surface area contributed by atoms with Crippen molar-refractivity contribution in [1.82, 2.24) is 20.1 Å². The van der Waals surface area contributed by atoms with Crippen LogP contribution in [0.15, 0.2) is 18.7 Å². The monoisotopic (exact) mass is 264 g/mol. The van der Waals surface area contributed by atoms with Gasteiger partial charge in [0.1, 0.15) is 12.7 Å². The third-order valence-electron chi connectivity index (χ3n) is 2.60. The van der Waals surface area contributed by atoms with E-state index in [1.807, 2.05) is 19.9 Å². The molecule has 0 saturated carbocycles. The Hall–Kier alpha value is -1.69. The highest BCUT2D eigenvalue weighted by Crippen LogP contribution is 2.20. The van der Waals surface area contributed by atoms with E-state index in [0.29, 0.717) is 6.54 Å². The van der Waals surface area contributed by atoms with Gasteiger partial charge < -0.3 is 5.32 Å². The van der Waals surface area contributed by atoms with Crippen LogP contribution in [-0.4, -0.2) is 27.2 Å². The average molecular weight is 264 g/mol. The zero-order valence-electron chi connectivity index (χ0n) is 10.5. The minimum Gasteiger partial charge on any atom is -0.352 e. The number of aromatic nitrogens is 3. The first-order chi connectivity index (χ1) is 8.66. The predicted molar refractivity (Wildman–Crippen MR) is 70.8 cm³/mol. The van der Waals surface area contributed by atoms with Gasteiger partial charge >= 0.3 is 0 Å². The molecule has 2 heterocycles. The molecule has 1 amide bonds. The van der Waals surface area contributed by atoms with E-state index in [1.165, 1.54) is 11.2 Å². The SMILES string of the molecule is Cc1cc(C(=O)NCCCn2cncn2)c(C)s1. The van der Waals surface area contributed by atoms with Gasteiger partial charge in [-0.3, -0.25) is 9.48 Å². The maximum atomic E-state index is 11.9. The molecule has 0 aromatic carbocycles. The second-order valence-electron chi connectivity index (χ2n) is 4.09. The topological polar surface area (TPSA) is 59.8 Å². The highest BCUT2D eigenvalue weighted by Gasteiger charge is 2.10. The number of rotatable bonds is 5. The molecule has 0 fully saturated rings. The second-order valence-corrected chi connectivity index (χ2v) is 5.56. The molecule has 0 aliphatic heterocycles. The van der Waals surface area contributed by atoms with Crippen LogP contribution in [0.5, 0.6) is 0 Å². The van der Waals surface area contributed by atoms with Crippen molar-refractivity contribution in [3.63, 3.8) is 0 Å². The number of carbonyl (C=O) groups is 1. The Balaban J connectivity index is 1.77. The molecule has 5 nitrogen and oxygen atoms in total. The molecule has 0 radical (unpaired) electrons. The van der Waals surface area contributed by atoms with Crippen molar-refractivity contribution in [1.29, 1.82) is 0 Å². The van der Waals surface area contributed by atoms with Crippen molar-refractivity contribution < 1.29 is 4.79 Å². The molecular formula is C12H16N4OS. The number of nitrogens with one attached hydrogen (secondary N) is 1. The summed E-state index contributed by atoms with van der Waals surface area (Å²) in [5.74, 6) is 0.00967. The third-order valence-corrected chi connectivity index (χ3v) is 3.57. The van der Waals surface area contributed by atoms with Crippen molar-refractivity contribution in [3.8, 4) is 0 Å². The zero-order chi connectivity index (χ0) is 13.0. The number of nitrogens with zero attached hydrogens (tertiary/aromatic N) is 3. The van der Waals surface area contributed by atoms with Crippen LogP contribution in [0.2, 0.25) is 0 Å². The maximum Gasteiger partial charge on any atom is 0.252 e. The van der Waals surface area contributed by atoms with Gasteiger partial charge in [0, 0.05) is 22.8 Å². The fraction of sp³-hybridized carbons (Fsp3) is 0.417. The van der Waals surface area contributed by atoms with E-state index in [2.05, 4.69) is 15.4 Å². The van der Waals surface area contributed by atoms with Gasteiger partial charge in [0.05, 0.1) is 5.56 Å². The van der Waals surface area contributed by atoms with E-state index in [0.717, 1.165) is 23.4 Å². The zero-order valence-corrected chi connectivity index (χ0v) is 11.3. The molecule has 1 N–H and O–H groups in total. The van der Waals surface area contributed by atoms with Gasteiger partial charge in [0.15, 0.2) is 0 Å². The Morgan fingerprint density at radius 3 is 2.94 bits per heavy atom. The van der Waals surface area contributed by atoms with Crippen LogP contribution in [0, 0.1) is 13.8 Å². The van der Waals surface area contributed by atoms with Gasteiger partial charge in [0.25, 0.3) is 5.91 Å². The minimum absolute atomic E-state index is 0.00967. The van der Waals surface area contributed by atoms with Crippen LogP contribution in [0.4, 0.5) is 0 Å². The number of carbonyl (C=O) groups excluding carboxylic acids is 1. The van der Waals surface area contributed by atoms with Crippen molar-refractivity contribution >= 4 is 17.2 Å². The number of aryl methyl sites for hydroxylation is 3. The smallest absolute Gasteiger partial charge is 0.252 e. The lowest BCUT2D eigenvalue weighted by molar-refractivity contribution is 0.0952. The molecule has 0 aliphatic rings. The molecule has 2 aromatic heterocycles. The van der Waals surface area contributed by atoms with Gasteiger partial charge in [-0.05, 0) is 26.3 Å². The lowest BCUT2D eigenvalue weighted by Gasteiger charge is -2.04. The largest absolute Gasteiger partial charge is 0.352 e. The number of hydrogen-bond acceptors (Lipinski definition) is 4. The average Bonchev–Trinajstić information content (AvgIpc) is 2.94. The van der Waals surface area contributed by atoms with Gasteiger partial charge in [-0.25, -0.2) is 4.98 Å². The number of amides is 1. The summed E-state index contributed by atoms with van der Waals surface area (Å²) in [7, 11) is 0. The summed E-state index contributed by atoms with van der Waals surface area (Å²) >= 11 is 1.65. The fourth-order valence-electron chi connectivity index (χ4n) is 1.74. The molecule has 0 bridgehead atoms. The first kappa shape index (κ1) is 12.8. The summed E-state index contributed by atoms with van der Waals surface area (Å²) in [6, 6.07) is 1.94. The van der Waals surface area contributed by atoms with Crippen molar-refractivity contribution in [3.05, 3.63) is 34.0 Å². The lowest BCUT2D eigenvalue weighted by Crippen LogP contribution is -2.25. The molecule has 0 unspecified atom stereocenters. The summed E-state index contributed by atoms with van der Waals surface area (Å²) < 4.78 is 1.76. The van der Waals surface area contributed by atoms with E-state index < -0.39 is 0 Å². The highest BCUT2D eigenvalue weighted by atomic mass is 32.1. The first-order valence-electron chi connectivity index (χ1n) is 5.84. The lowest BCUT2D eigenvalue weighted by atomic mass is 10.2. The molecule has 18 heavy (non-hydrogen) atoms. The Morgan fingerprint density at radius 2 is 2.33 bits per heavy atom. The third kappa shape index (κ3) is 3.16. The van der Waals surface area contributed by atoms with Gasteiger partial charge in [-0.2, -0.15) is 5.10 Å². The summed E-state index contributed by atoms with van der Waals surface area (Å²) in [5.41, 5.74) is 0.790. The molecular weight excluding hydrogens is 248 g/mol. The van der Waals surface area contributed by atoms with E-state index in [-0.39, 0.29) is 5.91 Å². The molecule has 0 spiro atoms. The Kier molecular flexibility index (Phi) is 4.09. The predicted octanol–water partition coefficient (Wildman–Crippen LogP) is 1.78. The van der Waals surface area contributed by atoms with Crippen LogP contribution in [0.1, 0.15) is 26.5 Å². The summed E-state index contributed by atoms with van der Waals surface area (Å²) in [6.07, 6.45) is 4.03. The normalized spacial score (nSPS) is 10.6. The molecule has 0 saturated heterocycles. The first-order valence-corrected chi connectivity index (χ1v) is 6.66. The van der Waals surface area contributed by atoms with Crippen LogP contribution in [0.25, 0.3) is 0 Å². The van der Waals surface area contributed by atoms with Crippen LogP contribution in [0.3, 0.4) is 0 Å². The summed E-state index contributed by atoms with van der Waals surface area (Å²) in [5, 5.41) is 6.92. The standard InChI is InChI=1S/C12H16N4OS/c1-9-6-11(10(2)18-9)12(17)14-4-3-5-16-8-13-7-15-16/h6-8H,3-5H2,1-2H3,(H,14,17). The minimum atomic E-state index is 0.00967. The molecule has 6 heteroatoms. The van der Waals surface area contributed by atoms with Crippen LogP contribution >= 0.6 is 11.3 Å². The van der Waals surface area contributed by atoms with Crippen molar-refractivity contribution in [2.45, 2.75) is 26.8 Å². The van der Waals surface area contributed by atoms with Gasteiger partial charge in [-0.1, -0.05) is 0 Å². The fourth-order valence-corrected chi connectivity index (χ4v) is 2.66. The van der Waals surface area contributed by atoms with Gasteiger partial charge in [-0.15, -0.1) is 11.3 Å². The Bertz CT molecular complexity index is 518. The van der Waals surface area contributed by atoms with Gasteiger partial charge in [0.2, 0.25) is 0 Å². The molecule has 96 valence electrons. The maximum absolute atomic E-state index is 11.9. The quantitative estimate of drug-likeness (QED) is 0.837. The number of hydrogen-bond donors (Lipinski definition) is 1. The Labute approximate surface area is 110 Å². The molecule has 0 atom stereocenters. The number of thiophene rings is 1. The van der Waals surface area contributed by atoms with Crippen LogP contribution < -0.4 is 5.32 Å². The van der Waals surface area contributed by atoms with E-state index >= 15 is 0 Å². The molecule has 0 aliphatic carbocycles. The van der Waals surface area contributed by atoms with E-state index in [4.69, 9.17) is 0 Å². The Morgan fingerprint density at radius 1 is 1.50 bits per heavy atom. The van der Waals surface area contributed by atoms with E-state index in [1.54, 1.807) is 22.3 Å². The molecule has 2 rings (SSSR count). The van der Waals surface area contributed by atoms with Crippen molar-refractivity contribution in [2.75, 3.05) is 6.54 Å². The summed E-state index contributed by atoms with van der Waals surface area (Å²) in [6.45, 7) is 5.40. The van der Waals surface area contributed by atoms with E-state index in [9.17, 15) is 4.79 Å². The highest BCUT2D eigenvalue weighted by molar-refractivity contribution is 7.12. The molecule has 2 aromatic rings. The van der Waals surface area contributed by atoms with Crippen LogP contribution in [-0.2, 0) is 6.54 Å².